The van der Waals surface area contributed by atoms with Crippen molar-refractivity contribution in [3.8, 4) is 0 Å². The van der Waals surface area contributed by atoms with Gasteiger partial charge in [0.2, 0.25) is 0 Å². The van der Waals surface area contributed by atoms with E-state index in [9.17, 15) is 21.6 Å². The summed E-state index contributed by atoms with van der Waals surface area (Å²) in [6, 6.07) is -1.96. The topological polar surface area (TPSA) is 37.4 Å². The van der Waals surface area contributed by atoms with E-state index in [1.807, 2.05) is 0 Å². The van der Waals surface area contributed by atoms with Crippen LogP contribution in [-0.2, 0) is 9.24 Å². The first-order chi connectivity index (χ1) is 6.23. The Morgan fingerprint density at radius 1 is 1.29 bits per heavy atom. The maximum absolute atomic E-state index is 12.4. The highest BCUT2D eigenvalue weighted by molar-refractivity contribution is 8.11. The van der Waals surface area contributed by atoms with Crippen molar-refractivity contribution >= 4 is 19.9 Å². The Morgan fingerprint density at radius 2 is 1.86 bits per heavy atom. The predicted molar refractivity (Wildman–Crippen MR) is 45.2 cm³/mol. The molecule has 0 bridgehead atoms. The van der Waals surface area contributed by atoms with E-state index >= 15 is 0 Å². The summed E-state index contributed by atoms with van der Waals surface area (Å²) in [5.74, 6) is 0. The van der Waals surface area contributed by atoms with Crippen molar-refractivity contribution in [1.82, 2.24) is 4.31 Å². The second-order valence-corrected chi connectivity index (χ2v) is 5.57. The van der Waals surface area contributed by atoms with Crippen molar-refractivity contribution in [2.24, 2.45) is 0 Å². The molecule has 1 saturated heterocycles. The lowest BCUT2D eigenvalue weighted by Gasteiger charge is -2.33. The summed E-state index contributed by atoms with van der Waals surface area (Å²) in [6.07, 6.45) is -3.97. The highest BCUT2D eigenvalue weighted by Crippen LogP contribution is 2.34. The molecule has 14 heavy (non-hydrogen) atoms. The predicted octanol–water partition coefficient (Wildman–Crippen LogP) is 1.89. The number of rotatable bonds is 1. The standard InChI is InChI=1S/C6H9ClF3NO2S/c7-14(12,13)11-4-2-1-3-5(11)6(8,9)10/h5H,1-4H2/t5-/m1/s1. The van der Waals surface area contributed by atoms with Gasteiger partial charge in [-0.15, -0.1) is 0 Å². The monoisotopic (exact) mass is 251 g/mol. The van der Waals surface area contributed by atoms with E-state index in [1.54, 1.807) is 0 Å². The highest BCUT2D eigenvalue weighted by atomic mass is 35.7. The number of piperidine rings is 1. The van der Waals surface area contributed by atoms with E-state index in [-0.39, 0.29) is 13.0 Å². The molecule has 3 nitrogen and oxygen atoms in total. The molecule has 84 valence electrons. The van der Waals surface area contributed by atoms with Crippen molar-refractivity contribution in [2.45, 2.75) is 31.5 Å². The molecule has 1 heterocycles. The van der Waals surface area contributed by atoms with E-state index in [0.29, 0.717) is 17.1 Å². The molecular formula is C6H9ClF3NO2S. The number of hydrogen-bond donors (Lipinski definition) is 0. The van der Waals surface area contributed by atoms with Gasteiger partial charge in [0.05, 0.1) is 0 Å². The zero-order valence-electron chi connectivity index (χ0n) is 7.09. The van der Waals surface area contributed by atoms with Crippen LogP contribution in [0.3, 0.4) is 0 Å². The normalized spacial score (nSPS) is 26.4. The van der Waals surface area contributed by atoms with Gasteiger partial charge >= 0.3 is 6.18 Å². The van der Waals surface area contributed by atoms with Crippen LogP contribution < -0.4 is 0 Å². The molecule has 1 fully saturated rings. The van der Waals surface area contributed by atoms with Gasteiger partial charge in [-0.3, -0.25) is 0 Å². The minimum Gasteiger partial charge on any atom is -0.195 e. The summed E-state index contributed by atoms with van der Waals surface area (Å²) >= 11 is 0. The van der Waals surface area contributed by atoms with Gasteiger partial charge in [0.25, 0.3) is 9.24 Å². The van der Waals surface area contributed by atoms with Crippen LogP contribution in [0.15, 0.2) is 0 Å². The zero-order chi connectivity index (χ0) is 11.0. The Bertz CT molecular complexity index is 303. The maximum Gasteiger partial charge on any atom is 0.405 e. The lowest BCUT2D eigenvalue weighted by molar-refractivity contribution is -0.176. The van der Waals surface area contributed by atoms with E-state index in [0.717, 1.165) is 0 Å². The SMILES string of the molecule is O=S(=O)(Cl)N1CCCC[C@@H]1C(F)(F)F. The van der Waals surface area contributed by atoms with Gasteiger partial charge in [0.15, 0.2) is 0 Å². The Hall–Kier alpha value is -0.0100. The zero-order valence-corrected chi connectivity index (χ0v) is 8.66. The van der Waals surface area contributed by atoms with E-state index in [2.05, 4.69) is 0 Å². The van der Waals surface area contributed by atoms with Crippen LogP contribution in [0.25, 0.3) is 0 Å². The fraction of sp³-hybridized carbons (Fsp3) is 1.00. The molecule has 0 radical (unpaired) electrons. The fourth-order valence-electron chi connectivity index (χ4n) is 1.49. The molecule has 0 aromatic rings. The van der Waals surface area contributed by atoms with Crippen molar-refractivity contribution in [3.05, 3.63) is 0 Å². The van der Waals surface area contributed by atoms with Gasteiger partial charge in [0.1, 0.15) is 6.04 Å². The van der Waals surface area contributed by atoms with Gasteiger partial charge < -0.3 is 0 Å². The third kappa shape index (κ3) is 2.74. The van der Waals surface area contributed by atoms with Gasteiger partial charge in [0, 0.05) is 17.2 Å². The van der Waals surface area contributed by atoms with Crippen LogP contribution >= 0.6 is 10.7 Å². The summed E-state index contributed by atoms with van der Waals surface area (Å²) in [6.45, 7) is -0.157. The summed E-state index contributed by atoms with van der Waals surface area (Å²) in [5, 5.41) is 0. The van der Waals surface area contributed by atoms with Crippen molar-refractivity contribution < 1.29 is 21.6 Å². The maximum atomic E-state index is 12.4. The average Bonchev–Trinajstić information content (AvgIpc) is 2.01. The first-order valence-electron chi connectivity index (χ1n) is 4.01. The van der Waals surface area contributed by atoms with Gasteiger partial charge in [-0.25, -0.2) is 0 Å². The third-order valence-corrected chi connectivity index (χ3v) is 3.64. The lowest BCUT2D eigenvalue weighted by atomic mass is 10.1. The number of halogens is 4. The largest absolute Gasteiger partial charge is 0.405 e. The van der Waals surface area contributed by atoms with Crippen molar-refractivity contribution in [1.29, 1.82) is 0 Å². The molecule has 0 N–H and O–H groups in total. The van der Waals surface area contributed by atoms with Crippen LogP contribution in [0.5, 0.6) is 0 Å². The number of hydrogen-bond acceptors (Lipinski definition) is 2. The Kier molecular flexibility index (Phi) is 3.33. The van der Waals surface area contributed by atoms with Gasteiger partial charge in [-0.05, 0) is 12.8 Å². The molecule has 1 aliphatic rings. The molecule has 0 aromatic heterocycles. The summed E-state index contributed by atoms with van der Waals surface area (Å²) in [5.41, 5.74) is 0. The average molecular weight is 252 g/mol. The molecule has 1 atom stereocenters. The highest BCUT2D eigenvalue weighted by Gasteiger charge is 2.48. The Labute approximate surface area is 84.4 Å². The molecule has 0 amide bonds. The summed E-state index contributed by atoms with van der Waals surface area (Å²) in [7, 11) is 0.638. The van der Waals surface area contributed by atoms with Crippen molar-refractivity contribution in [3.63, 3.8) is 0 Å². The minimum absolute atomic E-state index is 0.157. The smallest absolute Gasteiger partial charge is 0.195 e. The van der Waals surface area contributed by atoms with Crippen LogP contribution in [0.2, 0.25) is 0 Å². The third-order valence-electron chi connectivity index (χ3n) is 2.11. The molecule has 0 spiro atoms. The second-order valence-electron chi connectivity index (χ2n) is 3.11. The molecular weight excluding hydrogens is 243 g/mol. The number of alkyl halides is 3. The fourth-order valence-corrected chi connectivity index (χ4v) is 2.86. The molecule has 1 rings (SSSR count). The Balaban J connectivity index is 2.91. The lowest BCUT2D eigenvalue weighted by Crippen LogP contribution is -2.49. The van der Waals surface area contributed by atoms with Crippen LogP contribution in [0.4, 0.5) is 13.2 Å². The first kappa shape index (κ1) is 12.1. The summed E-state index contributed by atoms with van der Waals surface area (Å²) in [4.78, 5) is 0. The first-order valence-corrected chi connectivity index (χ1v) is 6.27. The summed E-state index contributed by atoms with van der Waals surface area (Å²) < 4.78 is 59.1. The van der Waals surface area contributed by atoms with Crippen LogP contribution in [0.1, 0.15) is 19.3 Å². The van der Waals surface area contributed by atoms with Crippen LogP contribution in [-0.4, -0.2) is 31.5 Å². The minimum atomic E-state index is -4.54. The molecule has 0 aliphatic carbocycles. The molecule has 8 heteroatoms. The van der Waals surface area contributed by atoms with E-state index in [4.69, 9.17) is 10.7 Å². The van der Waals surface area contributed by atoms with Gasteiger partial charge in [-0.1, -0.05) is 6.42 Å². The quantitative estimate of drug-likeness (QED) is 0.668. The van der Waals surface area contributed by atoms with Crippen molar-refractivity contribution in [2.75, 3.05) is 6.54 Å². The molecule has 0 saturated carbocycles. The molecule has 1 aliphatic heterocycles. The second kappa shape index (κ2) is 3.86. The Morgan fingerprint density at radius 3 is 2.21 bits per heavy atom. The van der Waals surface area contributed by atoms with E-state index < -0.39 is 21.5 Å². The van der Waals surface area contributed by atoms with Crippen LogP contribution in [0, 0.1) is 0 Å². The number of nitrogens with zero attached hydrogens (tertiary/aromatic N) is 1. The van der Waals surface area contributed by atoms with E-state index in [1.165, 1.54) is 0 Å². The molecule has 0 unspecified atom stereocenters. The van der Waals surface area contributed by atoms with Gasteiger partial charge in [-0.2, -0.15) is 25.9 Å². The molecule has 0 aromatic carbocycles.